The number of ether oxygens (including phenoxy) is 2. The van der Waals surface area contributed by atoms with E-state index in [1.807, 2.05) is 0 Å². The zero-order valence-corrected chi connectivity index (χ0v) is 19.0. The molecule has 1 aliphatic heterocycles. The molecule has 0 aliphatic carbocycles. The Hall–Kier alpha value is -3.27. The molecule has 1 aliphatic rings. The Morgan fingerprint density at radius 3 is 2.52 bits per heavy atom. The van der Waals surface area contributed by atoms with E-state index in [1.165, 1.54) is 19.1 Å². The second-order valence-corrected chi connectivity index (χ2v) is 7.93. The molecule has 0 radical (unpaired) electrons. The normalized spacial score (nSPS) is 20.5. The number of nitrogens with one attached hydrogen (secondary N) is 1. The minimum atomic E-state index is -1.02. The SMILES string of the molecule is CC(=O)ONCCOc1ccc(O)c2c1CCCC(=O)C(=O)C(=O)CC[C@H](C)[C@H](C)OC2=O. The quantitative estimate of drug-likeness (QED) is 0.287. The Bertz CT molecular complexity index is 925. The molecule has 2 rings (SSSR count). The Labute approximate surface area is 191 Å². The van der Waals surface area contributed by atoms with Gasteiger partial charge in [-0.25, -0.2) is 4.79 Å². The number of phenolic OH excluding ortho intramolecular Hbond substituents is 1. The fourth-order valence-corrected chi connectivity index (χ4v) is 3.33. The molecule has 180 valence electrons. The van der Waals surface area contributed by atoms with Gasteiger partial charge in [0, 0.05) is 25.3 Å². The summed E-state index contributed by atoms with van der Waals surface area (Å²) in [6, 6.07) is 2.78. The van der Waals surface area contributed by atoms with Crippen LogP contribution in [0.15, 0.2) is 12.1 Å². The predicted octanol–water partition coefficient (Wildman–Crippen LogP) is 1.84. The van der Waals surface area contributed by atoms with Gasteiger partial charge >= 0.3 is 11.9 Å². The summed E-state index contributed by atoms with van der Waals surface area (Å²) in [5.41, 5.74) is 2.66. The number of hydroxylamine groups is 1. The molecule has 0 bridgehead atoms. The van der Waals surface area contributed by atoms with Crippen molar-refractivity contribution in [2.45, 2.75) is 59.0 Å². The van der Waals surface area contributed by atoms with Gasteiger partial charge in [-0.3, -0.25) is 19.2 Å². The molecule has 2 N–H and O–H groups in total. The number of esters is 1. The van der Waals surface area contributed by atoms with Crippen LogP contribution in [0.25, 0.3) is 0 Å². The maximum absolute atomic E-state index is 12.9. The number of fused-ring (bicyclic) bond motifs is 1. The molecule has 2 atom stereocenters. The van der Waals surface area contributed by atoms with Crippen LogP contribution >= 0.6 is 0 Å². The molecule has 0 amide bonds. The molecule has 0 fully saturated rings. The van der Waals surface area contributed by atoms with Crippen LogP contribution < -0.4 is 10.2 Å². The molecule has 0 aromatic heterocycles. The summed E-state index contributed by atoms with van der Waals surface area (Å²) in [6.45, 7) is 4.88. The lowest BCUT2D eigenvalue weighted by atomic mass is 9.94. The standard InChI is InChI=1S/C23H29NO9/c1-13-7-8-19(28)22(29)18(27)6-4-5-16-20(31-12-11-24-33-15(3)25)10-9-17(26)21(16)23(30)32-14(13)2/h9-10,13-14,24,26H,4-8,11-12H2,1-3H3/t13-,14-/m0/s1. The summed E-state index contributed by atoms with van der Waals surface area (Å²) in [4.78, 5) is 64.7. The van der Waals surface area contributed by atoms with E-state index in [0.29, 0.717) is 5.56 Å². The number of rotatable bonds is 5. The van der Waals surface area contributed by atoms with Crippen molar-refractivity contribution in [2.24, 2.45) is 5.92 Å². The summed E-state index contributed by atoms with van der Waals surface area (Å²) < 4.78 is 11.2. The van der Waals surface area contributed by atoms with E-state index in [4.69, 9.17) is 9.47 Å². The maximum atomic E-state index is 12.9. The van der Waals surface area contributed by atoms with E-state index in [1.54, 1.807) is 13.8 Å². The van der Waals surface area contributed by atoms with Crippen LogP contribution in [0.5, 0.6) is 11.5 Å². The van der Waals surface area contributed by atoms with Gasteiger partial charge in [0.2, 0.25) is 11.6 Å². The molecule has 1 aromatic rings. The van der Waals surface area contributed by atoms with Crippen molar-refractivity contribution in [3.05, 3.63) is 23.3 Å². The molecule has 0 unspecified atom stereocenters. The van der Waals surface area contributed by atoms with E-state index in [0.717, 1.165) is 0 Å². The molecule has 1 aromatic carbocycles. The molecule has 1 heterocycles. The van der Waals surface area contributed by atoms with Gasteiger partial charge in [0.15, 0.2) is 0 Å². The number of hydrogen-bond acceptors (Lipinski definition) is 10. The lowest BCUT2D eigenvalue weighted by molar-refractivity contribution is -0.148. The van der Waals surface area contributed by atoms with Gasteiger partial charge in [-0.2, -0.15) is 0 Å². The monoisotopic (exact) mass is 463 g/mol. The zero-order valence-electron chi connectivity index (χ0n) is 19.0. The van der Waals surface area contributed by atoms with Crippen LogP contribution in [0, 0.1) is 5.92 Å². The van der Waals surface area contributed by atoms with Crippen molar-refractivity contribution in [2.75, 3.05) is 13.2 Å². The number of carbonyl (C=O) groups is 5. The smallest absolute Gasteiger partial charge is 0.342 e. The fraction of sp³-hybridized carbons (Fsp3) is 0.522. The van der Waals surface area contributed by atoms with Crippen molar-refractivity contribution in [3.8, 4) is 11.5 Å². The van der Waals surface area contributed by atoms with Crippen LogP contribution in [0.2, 0.25) is 0 Å². The Balaban J connectivity index is 2.32. The number of hydrogen-bond donors (Lipinski definition) is 2. The van der Waals surface area contributed by atoms with Gasteiger partial charge < -0.3 is 19.4 Å². The van der Waals surface area contributed by atoms with Crippen LogP contribution in [0.1, 0.15) is 62.4 Å². The Morgan fingerprint density at radius 1 is 1.12 bits per heavy atom. The number of aromatic hydroxyl groups is 1. The molecule has 0 saturated heterocycles. The highest BCUT2D eigenvalue weighted by atomic mass is 16.7. The largest absolute Gasteiger partial charge is 0.507 e. The molecule has 10 nitrogen and oxygen atoms in total. The molecule has 33 heavy (non-hydrogen) atoms. The second-order valence-electron chi connectivity index (χ2n) is 7.93. The maximum Gasteiger partial charge on any atom is 0.342 e. The van der Waals surface area contributed by atoms with Crippen molar-refractivity contribution in [3.63, 3.8) is 0 Å². The van der Waals surface area contributed by atoms with Crippen molar-refractivity contribution < 1.29 is 43.4 Å². The summed E-state index contributed by atoms with van der Waals surface area (Å²) in [5, 5.41) is 10.4. The third-order valence-electron chi connectivity index (χ3n) is 5.39. The van der Waals surface area contributed by atoms with E-state index in [2.05, 4.69) is 10.3 Å². The minimum Gasteiger partial charge on any atom is -0.507 e. The number of ketones is 3. The van der Waals surface area contributed by atoms with E-state index in [-0.39, 0.29) is 68.2 Å². The van der Waals surface area contributed by atoms with Gasteiger partial charge in [0.05, 0.1) is 6.54 Å². The molecular weight excluding hydrogens is 434 g/mol. The molecule has 10 heteroatoms. The first-order chi connectivity index (χ1) is 15.6. The summed E-state index contributed by atoms with van der Waals surface area (Å²) >= 11 is 0. The number of cyclic esters (lactones) is 1. The number of benzene rings is 1. The first-order valence-electron chi connectivity index (χ1n) is 10.8. The molecule has 0 saturated carbocycles. The summed E-state index contributed by atoms with van der Waals surface area (Å²) in [7, 11) is 0. The average Bonchev–Trinajstić information content (AvgIpc) is 2.76. The van der Waals surface area contributed by atoms with E-state index >= 15 is 0 Å². The topological polar surface area (TPSA) is 145 Å². The summed E-state index contributed by atoms with van der Waals surface area (Å²) in [6.07, 6.45) is -0.367. The average molecular weight is 463 g/mol. The second kappa shape index (κ2) is 12.1. The lowest BCUT2D eigenvalue weighted by Crippen LogP contribution is -2.28. The predicted molar refractivity (Wildman–Crippen MR) is 115 cm³/mol. The first-order valence-corrected chi connectivity index (χ1v) is 10.8. The van der Waals surface area contributed by atoms with Crippen molar-refractivity contribution >= 4 is 29.3 Å². The highest BCUT2D eigenvalue weighted by Gasteiger charge is 2.28. The van der Waals surface area contributed by atoms with Crippen molar-refractivity contribution in [1.29, 1.82) is 0 Å². The number of carbonyl (C=O) groups excluding carboxylic acids is 5. The van der Waals surface area contributed by atoms with Crippen LogP contribution in [-0.2, 0) is 35.2 Å². The van der Waals surface area contributed by atoms with E-state index < -0.39 is 35.4 Å². The van der Waals surface area contributed by atoms with Gasteiger partial charge in [-0.15, -0.1) is 5.48 Å². The van der Waals surface area contributed by atoms with Gasteiger partial charge in [0.1, 0.15) is 29.8 Å². The lowest BCUT2D eigenvalue weighted by Gasteiger charge is -2.22. The zero-order chi connectivity index (χ0) is 24.5. The Morgan fingerprint density at radius 2 is 1.82 bits per heavy atom. The van der Waals surface area contributed by atoms with Gasteiger partial charge in [-0.1, -0.05) is 6.92 Å². The highest BCUT2D eigenvalue weighted by molar-refractivity contribution is 6.63. The number of Topliss-reactive ketones (excluding diaryl/α,β-unsaturated/α-hetero) is 3. The third-order valence-corrected chi connectivity index (χ3v) is 5.39. The Kier molecular flexibility index (Phi) is 9.53. The summed E-state index contributed by atoms with van der Waals surface area (Å²) in [5.74, 6) is -4.11. The van der Waals surface area contributed by atoms with Gasteiger partial charge in [0.25, 0.3) is 5.78 Å². The fourth-order valence-electron chi connectivity index (χ4n) is 3.33. The van der Waals surface area contributed by atoms with Crippen LogP contribution in [0.3, 0.4) is 0 Å². The van der Waals surface area contributed by atoms with Gasteiger partial charge in [-0.05, 0) is 44.2 Å². The third kappa shape index (κ3) is 7.38. The van der Waals surface area contributed by atoms with Crippen LogP contribution in [-0.4, -0.2) is 53.7 Å². The first kappa shape index (κ1) is 26.0. The number of phenols is 1. The minimum absolute atomic E-state index is 0.0684. The molecular formula is C23H29NO9. The highest BCUT2D eigenvalue weighted by Crippen LogP contribution is 2.33. The molecule has 0 spiro atoms. The van der Waals surface area contributed by atoms with E-state index in [9.17, 15) is 29.1 Å². The van der Waals surface area contributed by atoms with Crippen molar-refractivity contribution in [1.82, 2.24) is 5.48 Å². The van der Waals surface area contributed by atoms with Crippen LogP contribution in [0.4, 0.5) is 0 Å².